The summed E-state index contributed by atoms with van der Waals surface area (Å²) >= 11 is 0. The molecule has 110 valence electrons. The zero-order chi connectivity index (χ0) is 14.7. The number of hydrogen-bond acceptors (Lipinski definition) is 6. The van der Waals surface area contributed by atoms with Crippen molar-refractivity contribution in [3.63, 3.8) is 0 Å². The molecule has 3 aromatic rings. The molecule has 0 radical (unpaired) electrons. The molecule has 0 amide bonds. The third-order valence-electron chi connectivity index (χ3n) is 3.18. The fraction of sp³-hybridized carbons (Fsp3) is 0.357. The first-order valence-corrected chi connectivity index (χ1v) is 6.69. The Hall–Kier alpha value is -2.25. The maximum atomic E-state index is 5.18. The van der Waals surface area contributed by atoms with Gasteiger partial charge in [-0.15, -0.1) is 10.2 Å². The highest BCUT2D eigenvalue weighted by Gasteiger charge is 2.14. The van der Waals surface area contributed by atoms with Crippen molar-refractivity contribution in [3.8, 4) is 0 Å². The van der Waals surface area contributed by atoms with Gasteiger partial charge >= 0.3 is 0 Å². The van der Waals surface area contributed by atoms with E-state index in [9.17, 15) is 0 Å². The van der Waals surface area contributed by atoms with E-state index in [1.165, 1.54) is 0 Å². The van der Waals surface area contributed by atoms with Gasteiger partial charge in [0.25, 0.3) is 0 Å². The first-order valence-electron chi connectivity index (χ1n) is 6.69. The molecule has 0 spiro atoms. The van der Waals surface area contributed by atoms with E-state index in [1.54, 1.807) is 14.2 Å². The summed E-state index contributed by atoms with van der Waals surface area (Å²) in [4.78, 5) is 4.65. The van der Waals surface area contributed by atoms with Crippen molar-refractivity contribution >= 4 is 22.5 Å². The van der Waals surface area contributed by atoms with Gasteiger partial charge in [0.1, 0.15) is 6.61 Å². The van der Waals surface area contributed by atoms with Crippen molar-refractivity contribution in [3.05, 3.63) is 30.1 Å². The summed E-state index contributed by atoms with van der Waals surface area (Å²) in [6.07, 6.45) is 0. The smallest absolute Gasteiger partial charge is 0.210 e. The summed E-state index contributed by atoms with van der Waals surface area (Å²) in [5.41, 5.74) is 1.65. The van der Waals surface area contributed by atoms with E-state index in [2.05, 4.69) is 20.5 Å². The Morgan fingerprint density at radius 1 is 1.14 bits per heavy atom. The molecule has 2 heterocycles. The Labute approximate surface area is 121 Å². The number of benzene rings is 1. The largest absolute Gasteiger partial charge is 0.383 e. The molecule has 7 heteroatoms. The Morgan fingerprint density at radius 2 is 2.00 bits per heavy atom. The first kappa shape index (κ1) is 13.7. The van der Waals surface area contributed by atoms with Crippen LogP contribution < -0.4 is 5.32 Å². The van der Waals surface area contributed by atoms with Gasteiger partial charge in [-0.3, -0.25) is 0 Å². The molecule has 0 aliphatic heterocycles. The maximum absolute atomic E-state index is 5.18. The maximum Gasteiger partial charge on any atom is 0.210 e. The van der Waals surface area contributed by atoms with E-state index in [0.29, 0.717) is 31.5 Å². The second-order valence-corrected chi connectivity index (χ2v) is 4.58. The van der Waals surface area contributed by atoms with E-state index in [1.807, 2.05) is 28.7 Å². The third kappa shape index (κ3) is 2.53. The monoisotopic (exact) mass is 287 g/mol. The highest BCUT2D eigenvalue weighted by Crippen LogP contribution is 2.21. The Kier molecular flexibility index (Phi) is 3.94. The molecule has 0 aliphatic rings. The molecule has 3 rings (SSSR count). The predicted octanol–water partition coefficient (Wildman–Crippen LogP) is 1.48. The highest BCUT2D eigenvalue weighted by atomic mass is 16.5. The van der Waals surface area contributed by atoms with E-state index in [0.717, 1.165) is 16.6 Å². The number of anilines is 1. The minimum atomic E-state index is 0.375. The second-order valence-electron chi connectivity index (χ2n) is 4.58. The lowest BCUT2D eigenvalue weighted by atomic mass is 10.2. The van der Waals surface area contributed by atoms with Crippen LogP contribution in [-0.2, 0) is 16.1 Å². The minimum Gasteiger partial charge on any atom is -0.383 e. The van der Waals surface area contributed by atoms with Crippen LogP contribution in [0.4, 0.5) is 5.95 Å². The average molecular weight is 287 g/mol. The van der Waals surface area contributed by atoms with E-state index >= 15 is 0 Å². The zero-order valence-corrected chi connectivity index (χ0v) is 12.0. The number of nitrogens with one attached hydrogen (secondary N) is 1. The molecular formula is C14H17N5O2. The zero-order valence-electron chi connectivity index (χ0n) is 12.0. The Balaban J connectivity index is 2.17. The van der Waals surface area contributed by atoms with Crippen LogP contribution in [0.1, 0.15) is 5.82 Å². The Bertz CT molecular complexity index is 756. The lowest BCUT2D eigenvalue weighted by Gasteiger charge is -2.10. The van der Waals surface area contributed by atoms with Crippen molar-refractivity contribution in [2.75, 3.05) is 32.7 Å². The van der Waals surface area contributed by atoms with Gasteiger partial charge in [-0.2, -0.15) is 0 Å². The number of hydrogen-bond donors (Lipinski definition) is 1. The lowest BCUT2D eigenvalue weighted by molar-refractivity contribution is 0.177. The SMILES string of the molecule is COCCNc1nc2ccccc2c2nnc(COC)n12. The molecule has 7 nitrogen and oxygen atoms in total. The summed E-state index contributed by atoms with van der Waals surface area (Å²) in [5, 5.41) is 12.7. The summed E-state index contributed by atoms with van der Waals surface area (Å²) < 4.78 is 12.1. The van der Waals surface area contributed by atoms with Crippen LogP contribution in [0.25, 0.3) is 16.6 Å². The van der Waals surface area contributed by atoms with Gasteiger partial charge in [-0.05, 0) is 12.1 Å². The van der Waals surface area contributed by atoms with Crippen molar-refractivity contribution in [1.82, 2.24) is 19.6 Å². The van der Waals surface area contributed by atoms with Crippen LogP contribution in [0.5, 0.6) is 0 Å². The molecule has 0 atom stereocenters. The number of methoxy groups -OCH3 is 2. The van der Waals surface area contributed by atoms with Crippen molar-refractivity contribution in [2.45, 2.75) is 6.61 Å². The number of ether oxygens (including phenoxy) is 2. The predicted molar refractivity (Wildman–Crippen MR) is 79.4 cm³/mol. The van der Waals surface area contributed by atoms with Gasteiger partial charge < -0.3 is 14.8 Å². The van der Waals surface area contributed by atoms with Crippen molar-refractivity contribution in [1.29, 1.82) is 0 Å². The molecule has 0 aliphatic carbocycles. The number of rotatable bonds is 6. The van der Waals surface area contributed by atoms with Gasteiger partial charge in [0.2, 0.25) is 5.95 Å². The molecule has 0 unspecified atom stereocenters. The normalized spacial score (nSPS) is 11.3. The van der Waals surface area contributed by atoms with Gasteiger partial charge in [0.15, 0.2) is 11.5 Å². The fourth-order valence-electron chi connectivity index (χ4n) is 2.24. The van der Waals surface area contributed by atoms with Crippen LogP contribution in [-0.4, -0.2) is 47.0 Å². The molecule has 0 saturated carbocycles. The molecule has 0 saturated heterocycles. The molecule has 1 aromatic carbocycles. The quantitative estimate of drug-likeness (QED) is 0.692. The van der Waals surface area contributed by atoms with Crippen LogP contribution in [0, 0.1) is 0 Å². The van der Waals surface area contributed by atoms with Gasteiger partial charge in [0, 0.05) is 26.2 Å². The van der Waals surface area contributed by atoms with Crippen LogP contribution in [0.2, 0.25) is 0 Å². The highest BCUT2D eigenvalue weighted by molar-refractivity contribution is 5.92. The summed E-state index contributed by atoms with van der Waals surface area (Å²) in [7, 11) is 3.30. The lowest BCUT2D eigenvalue weighted by Crippen LogP contribution is -2.13. The molecule has 21 heavy (non-hydrogen) atoms. The van der Waals surface area contributed by atoms with Gasteiger partial charge in [0.05, 0.1) is 12.1 Å². The minimum absolute atomic E-state index is 0.375. The van der Waals surface area contributed by atoms with Crippen LogP contribution in [0.15, 0.2) is 24.3 Å². The summed E-state index contributed by atoms with van der Waals surface area (Å²) in [6, 6.07) is 7.87. The van der Waals surface area contributed by atoms with Crippen LogP contribution in [0.3, 0.4) is 0 Å². The molecule has 0 fully saturated rings. The second kappa shape index (κ2) is 6.02. The molecule has 1 N–H and O–H groups in total. The van der Waals surface area contributed by atoms with Crippen LogP contribution >= 0.6 is 0 Å². The van der Waals surface area contributed by atoms with Crippen molar-refractivity contribution < 1.29 is 9.47 Å². The Morgan fingerprint density at radius 3 is 2.81 bits per heavy atom. The molecule has 0 bridgehead atoms. The van der Waals surface area contributed by atoms with Crippen molar-refractivity contribution in [2.24, 2.45) is 0 Å². The average Bonchev–Trinajstić information content (AvgIpc) is 2.92. The number of aromatic nitrogens is 4. The summed E-state index contributed by atoms with van der Waals surface area (Å²) in [5.74, 6) is 1.41. The number of fused-ring (bicyclic) bond motifs is 3. The summed E-state index contributed by atoms with van der Waals surface area (Å²) in [6.45, 7) is 1.62. The number of para-hydroxylation sites is 1. The van der Waals surface area contributed by atoms with E-state index in [4.69, 9.17) is 9.47 Å². The number of nitrogens with zero attached hydrogens (tertiary/aromatic N) is 4. The van der Waals surface area contributed by atoms with E-state index < -0.39 is 0 Å². The third-order valence-corrected chi connectivity index (χ3v) is 3.18. The fourth-order valence-corrected chi connectivity index (χ4v) is 2.24. The topological polar surface area (TPSA) is 73.6 Å². The molecule has 2 aromatic heterocycles. The standard InChI is InChI=1S/C14H17N5O2/c1-20-8-7-15-14-16-11-6-4-3-5-10(11)13-18-17-12(9-21-2)19(13)14/h3-6H,7-9H2,1-2H3,(H,15,16). The van der Waals surface area contributed by atoms with Gasteiger partial charge in [-0.1, -0.05) is 12.1 Å². The van der Waals surface area contributed by atoms with E-state index in [-0.39, 0.29) is 0 Å². The van der Waals surface area contributed by atoms with Gasteiger partial charge in [-0.25, -0.2) is 9.38 Å². The molecular weight excluding hydrogens is 270 g/mol. The first-order chi connectivity index (χ1) is 10.3.